The summed E-state index contributed by atoms with van der Waals surface area (Å²) < 4.78 is 5.21. The average Bonchev–Trinajstić information content (AvgIpc) is 2.61. The summed E-state index contributed by atoms with van der Waals surface area (Å²) in [7, 11) is 3.70. The number of pyridine rings is 1. The summed E-state index contributed by atoms with van der Waals surface area (Å²) in [5.41, 5.74) is 2.49. The highest BCUT2D eigenvalue weighted by atomic mass is 16.5. The molecule has 3 heterocycles. The summed E-state index contributed by atoms with van der Waals surface area (Å²) in [4.78, 5) is 17.8. The molecular formula is C18H25N5O. The van der Waals surface area contributed by atoms with E-state index < -0.39 is 0 Å². The predicted molar refractivity (Wildman–Crippen MR) is 94.3 cm³/mol. The van der Waals surface area contributed by atoms with Crippen molar-refractivity contribution >= 4 is 5.95 Å². The van der Waals surface area contributed by atoms with Crippen molar-refractivity contribution < 1.29 is 4.74 Å². The number of hydrogen-bond acceptors (Lipinski definition) is 6. The van der Waals surface area contributed by atoms with E-state index >= 15 is 0 Å². The van der Waals surface area contributed by atoms with E-state index in [2.05, 4.69) is 44.8 Å². The van der Waals surface area contributed by atoms with Gasteiger partial charge in [0.05, 0.1) is 7.11 Å². The lowest BCUT2D eigenvalue weighted by Gasteiger charge is -2.37. The quantitative estimate of drug-likeness (QED) is 0.840. The van der Waals surface area contributed by atoms with Gasteiger partial charge in [0.15, 0.2) is 0 Å². The van der Waals surface area contributed by atoms with Crippen LogP contribution in [-0.2, 0) is 6.54 Å². The molecule has 0 spiro atoms. The van der Waals surface area contributed by atoms with E-state index in [-0.39, 0.29) is 0 Å². The number of likely N-dealkylation sites (tertiary alicyclic amines) is 1. The van der Waals surface area contributed by atoms with Crippen LogP contribution in [0.5, 0.6) is 5.88 Å². The molecule has 2 aromatic rings. The fourth-order valence-corrected chi connectivity index (χ4v) is 3.23. The molecule has 6 nitrogen and oxygen atoms in total. The molecule has 0 aliphatic carbocycles. The van der Waals surface area contributed by atoms with Crippen molar-refractivity contribution in [3.63, 3.8) is 0 Å². The standard InChI is InChI=1S/C18H25N5O/c1-14-9-15(11-19-10-14)12-23-8-4-5-16(13-23)22(2)18-20-7-6-17(21-18)24-3/h6-7,9-11,16H,4-5,8,12-13H2,1-3H3. The zero-order valence-electron chi connectivity index (χ0n) is 14.6. The fourth-order valence-electron chi connectivity index (χ4n) is 3.23. The van der Waals surface area contributed by atoms with Gasteiger partial charge in [-0.05, 0) is 37.4 Å². The smallest absolute Gasteiger partial charge is 0.228 e. The monoisotopic (exact) mass is 327 g/mol. The number of likely N-dealkylation sites (N-methyl/N-ethyl adjacent to an activating group) is 1. The minimum absolute atomic E-state index is 0.406. The van der Waals surface area contributed by atoms with E-state index in [0.717, 1.165) is 32.0 Å². The second-order valence-corrected chi connectivity index (χ2v) is 6.41. The van der Waals surface area contributed by atoms with Crippen LogP contribution in [0.1, 0.15) is 24.0 Å². The summed E-state index contributed by atoms with van der Waals surface area (Å²) in [6.45, 7) is 5.16. The summed E-state index contributed by atoms with van der Waals surface area (Å²) in [6, 6.07) is 4.39. The summed E-state index contributed by atoms with van der Waals surface area (Å²) in [5.74, 6) is 1.32. The predicted octanol–water partition coefficient (Wildman–Crippen LogP) is 2.29. The second kappa shape index (κ2) is 7.57. The molecule has 0 radical (unpaired) electrons. The molecule has 3 rings (SSSR count). The molecule has 128 valence electrons. The summed E-state index contributed by atoms with van der Waals surface area (Å²) in [5, 5.41) is 0. The van der Waals surface area contributed by atoms with Gasteiger partial charge in [-0.1, -0.05) is 6.07 Å². The van der Waals surface area contributed by atoms with Crippen LogP contribution in [0.4, 0.5) is 5.95 Å². The van der Waals surface area contributed by atoms with E-state index in [9.17, 15) is 0 Å². The van der Waals surface area contributed by atoms with Crippen LogP contribution in [0.3, 0.4) is 0 Å². The minimum atomic E-state index is 0.406. The molecule has 0 N–H and O–H groups in total. The number of rotatable bonds is 5. The Labute approximate surface area is 143 Å². The van der Waals surface area contributed by atoms with Crippen LogP contribution < -0.4 is 9.64 Å². The van der Waals surface area contributed by atoms with Crippen molar-refractivity contribution in [1.82, 2.24) is 19.9 Å². The number of aryl methyl sites for hydroxylation is 1. The van der Waals surface area contributed by atoms with Gasteiger partial charge in [-0.25, -0.2) is 4.98 Å². The number of piperidine rings is 1. The molecule has 1 fully saturated rings. The maximum Gasteiger partial charge on any atom is 0.228 e. The van der Waals surface area contributed by atoms with Gasteiger partial charge in [0.25, 0.3) is 0 Å². The Hall–Kier alpha value is -2.21. The van der Waals surface area contributed by atoms with Crippen LogP contribution >= 0.6 is 0 Å². The SMILES string of the molecule is COc1ccnc(N(C)C2CCCN(Cc3cncc(C)c3)C2)n1. The van der Waals surface area contributed by atoms with E-state index in [1.54, 1.807) is 19.4 Å². The normalized spacial score (nSPS) is 18.4. The van der Waals surface area contributed by atoms with Crippen molar-refractivity contribution in [1.29, 1.82) is 0 Å². The first-order chi connectivity index (χ1) is 11.7. The first-order valence-corrected chi connectivity index (χ1v) is 8.38. The van der Waals surface area contributed by atoms with E-state index in [1.165, 1.54) is 17.5 Å². The van der Waals surface area contributed by atoms with Crippen molar-refractivity contribution in [3.8, 4) is 5.88 Å². The Morgan fingerprint density at radius 3 is 3.04 bits per heavy atom. The number of aromatic nitrogens is 3. The fraction of sp³-hybridized carbons (Fsp3) is 0.500. The molecule has 0 amide bonds. The largest absolute Gasteiger partial charge is 0.481 e. The van der Waals surface area contributed by atoms with Crippen LogP contribution in [0.2, 0.25) is 0 Å². The number of methoxy groups -OCH3 is 1. The first kappa shape index (κ1) is 16.6. The third kappa shape index (κ3) is 4.00. The van der Waals surface area contributed by atoms with Gasteiger partial charge >= 0.3 is 0 Å². The van der Waals surface area contributed by atoms with Gasteiger partial charge in [0.2, 0.25) is 11.8 Å². The third-order valence-corrected chi connectivity index (χ3v) is 4.51. The zero-order chi connectivity index (χ0) is 16.9. The minimum Gasteiger partial charge on any atom is -0.481 e. The van der Waals surface area contributed by atoms with E-state index in [0.29, 0.717) is 11.9 Å². The summed E-state index contributed by atoms with van der Waals surface area (Å²) >= 11 is 0. The lowest BCUT2D eigenvalue weighted by atomic mass is 10.0. The molecular weight excluding hydrogens is 302 g/mol. The van der Waals surface area contributed by atoms with Crippen molar-refractivity contribution in [2.24, 2.45) is 0 Å². The summed E-state index contributed by atoms with van der Waals surface area (Å²) in [6.07, 6.45) is 7.94. The van der Waals surface area contributed by atoms with Crippen LogP contribution in [-0.4, -0.2) is 53.1 Å². The Morgan fingerprint density at radius 1 is 1.38 bits per heavy atom. The Kier molecular flexibility index (Phi) is 5.25. The Bertz CT molecular complexity index is 678. The van der Waals surface area contributed by atoms with Gasteiger partial charge < -0.3 is 9.64 Å². The molecule has 1 aliphatic heterocycles. The van der Waals surface area contributed by atoms with Gasteiger partial charge in [0, 0.05) is 50.8 Å². The highest BCUT2D eigenvalue weighted by Crippen LogP contribution is 2.21. The highest BCUT2D eigenvalue weighted by Gasteiger charge is 2.25. The molecule has 1 saturated heterocycles. The van der Waals surface area contributed by atoms with Crippen molar-refractivity contribution in [2.45, 2.75) is 32.4 Å². The van der Waals surface area contributed by atoms with Gasteiger partial charge in [-0.2, -0.15) is 4.98 Å². The van der Waals surface area contributed by atoms with Crippen molar-refractivity contribution in [3.05, 3.63) is 41.9 Å². The van der Waals surface area contributed by atoms with Gasteiger partial charge in [-0.15, -0.1) is 0 Å². The first-order valence-electron chi connectivity index (χ1n) is 8.38. The van der Waals surface area contributed by atoms with Crippen LogP contribution in [0, 0.1) is 6.92 Å². The number of hydrogen-bond donors (Lipinski definition) is 0. The molecule has 0 bridgehead atoms. The molecule has 6 heteroatoms. The Morgan fingerprint density at radius 2 is 2.25 bits per heavy atom. The molecule has 1 unspecified atom stereocenters. The molecule has 24 heavy (non-hydrogen) atoms. The number of anilines is 1. The average molecular weight is 327 g/mol. The maximum absolute atomic E-state index is 5.21. The molecule has 0 aromatic carbocycles. The van der Waals surface area contributed by atoms with Gasteiger partial charge in [-0.3, -0.25) is 9.88 Å². The van der Waals surface area contributed by atoms with Crippen molar-refractivity contribution in [2.75, 3.05) is 32.1 Å². The molecule has 2 aromatic heterocycles. The molecule has 1 aliphatic rings. The highest BCUT2D eigenvalue weighted by molar-refractivity contribution is 5.32. The van der Waals surface area contributed by atoms with E-state index in [1.807, 2.05) is 12.4 Å². The number of ether oxygens (including phenoxy) is 1. The van der Waals surface area contributed by atoms with Crippen LogP contribution in [0.15, 0.2) is 30.7 Å². The number of nitrogens with zero attached hydrogens (tertiary/aromatic N) is 5. The second-order valence-electron chi connectivity index (χ2n) is 6.41. The molecule has 0 saturated carbocycles. The van der Waals surface area contributed by atoms with E-state index in [4.69, 9.17) is 4.74 Å². The van der Waals surface area contributed by atoms with Crippen LogP contribution in [0.25, 0.3) is 0 Å². The third-order valence-electron chi connectivity index (χ3n) is 4.51. The molecule has 1 atom stereocenters. The lowest BCUT2D eigenvalue weighted by molar-refractivity contribution is 0.198. The maximum atomic E-state index is 5.21. The lowest BCUT2D eigenvalue weighted by Crippen LogP contribution is -2.46. The zero-order valence-corrected chi connectivity index (χ0v) is 14.6. The Balaban J connectivity index is 1.66. The topological polar surface area (TPSA) is 54.4 Å². The van der Waals surface area contributed by atoms with Gasteiger partial charge in [0.1, 0.15) is 0 Å².